The number of carboxylic acids is 1. The van der Waals surface area contributed by atoms with Crippen molar-refractivity contribution in [3.63, 3.8) is 0 Å². The van der Waals surface area contributed by atoms with Crippen LogP contribution in [0.15, 0.2) is 18.5 Å². The van der Waals surface area contributed by atoms with E-state index >= 15 is 0 Å². The fraction of sp³-hybridized carbons (Fsp3) is 0.444. The van der Waals surface area contributed by atoms with Gasteiger partial charge in [0.05, 0.1) is 6.42 Å². The summed E-state index contributed by atoms with van der Waals surface area (Å²) in [6.07, 6.45) is 3.67. The number of carbonyl (C=O) groups is 2. The van der Waals surface area contributed by atoms with E-state index < -0.39 is 5.97 Å². The normalized spacial score (nSPS) is 9.87. The molecule has 0 saturated heterocycles. The summed E-state index contributed by atoms with van der Waals surface area (Å²) in [5, 5.41) is 14.8. The van der Waals surface area contributed by atoms with Crippen LogP contribution < -0.4 is 5.32 Å². The van der Waals surface area contributed by atoms with Crippen molar-refractivity contribution in [3.05, 3.63) is 18.5 Å². The molecule has 0 aromatic carbocycles. The van der Waals surface area contributed by atoms with Gasteiger partial charge in [-0.3, -0.25) is 14.3 Å². The summed E-state index contributed by atoms with van der Waals surface area (Å²) in [5.41, 5.74) is 0. The Morgan fingerprint density at radius 1 is 1.40 bits per heavy atom. The van der Waals surface area contributed by atoms with Crippen LogP contribution in [0.3, 0.4) is 0 Å². The van der Waals surface area contributed by atoms with Crippen molar-refractivity contribution in [2.45, 2.75) is 19.4 Å². The minimum Gasteiger partial charge on any atom is -0.481 e. The summed E-state index contributed by atoms with van der Waals surface area (Å²) in [6.45, 7) is 0.680. The molecule has 0 aliphatic rings. The number of aryl methyl sites for hydroxylation is 1. The van der Waals surface area contributed by atoms with Crippen LogP contribution in [0.25, 0.3) is 0 Å². The van der Waals surface area contributed by atoms with E-state index in [4.69, 9.17) is 5.11 Å². The molecular formula is C9H13N3O3. The molecule has 0 bridgehead atoms. The zero-order valence-electron chi connectivity index (χ0n) is 8.22. The molecule has 1 aromatic rings. The van der Waals surface area contributed by atoms with E-state index in [1.807, 2.05) is 0 Å². The number of hydrogen-bond acceptors (Lipinski definition) is 3. The first kappa shape index (κ1) is 11.2. The van der Waals surface area contributed by atoms with E-state index in [0.29, 0.717) is 13.0 Å². The van der Waals surface area contributed by atoms with Crippen LogP contribution in [0.2, 0.25) is 0 Å². The molecule has 0 spiro atoms. The number of aromatic nitrogens is 2. The summed E-state index contributed by atoms with van der Waals surface area (Å²) in [5.74, 6) is -1.07. The predicted octanol–water partition coefficient (Wildman–Crippen LogP) is -0.136. The van der Waals surface area contributed by atoms with Crippen LogP contribution in [-0.2, 0) is 16.1 Å². The fourth-order valence-corrected chi connectivity index (χ4v) is 1.05. The van der Waals surface area contributed by atoms with Crippen LogP contribution >= 0.6 is 0 Å². The second kappa shape index (κ2) is 5.79. The maximum absolute atomic E-state index is 11.2. The molecule has 6 nitrogen and oxygen atoms in total. The number of aliphatic carboxylic acids is 1. The van der Waals surface area contributed by atoms with Gasteiger partial charge in [0, 0.05) is 31.9 Å². The van der Waals surface area contributed by atoms with Gasteiger partial charge in [-0.15, -0.1) is 0 Å². The van der Waals surface area contributed by atoms with Crippen molar-refractivity contribution in [2.75, 3.05) is 6.54 Å². The lowest BCUT2D eigenvalue weighted by Gasteiger charge is -2.03. The number of nitrogens with one attached hydrogen (secondary N) is 1. The van der Waals surface area contributed by atoms with Gasteiger partial charge in [-0.2, -0.15) is 5.10 Å². The Morgan fingerprint density at radius 3 is 2.80 bits per heavy atom. The number of amides is 1. The SMILES string of the molecule is O=C(O)CCNC(=O)CCn1cccn1. The molecule has 0 aliphatic heterocycles. The summed E-state index contributed by atoms with van der Waals surface area (Å²) >= 11 is 0. The highest BCUT2D eigenvalue weighted by Gasteiger charge is 2.02. The number of carboxylic acid groups (broad SMARTS) is 1. The van der Waals surface area contributed by atoms with E-state index in [9.17, 15) is 9.59 Å². The highest BCUT2D eigenvalue weighted by atomic mass is 16.4. The Hall–Kier alpha value is -1.85. The second-order valence-electron chi connectivity index (χ2n) is 3.01. The average Bonchev–Trinajstić information content (AvgIpc) is 2.66. The van der Waals surface area contributed by atoms with Crippen LogP contribution in [-0.4, -0.2) is 33.3 Å². The van der Waals surface area contributed by atoms with Crippen molar-refractivity contribution in [2.24, 2.45) is 0 Å². The number of nitrogens with zero attached hydrogens (tertiary/aromatic N) is 2. The Morgan fingerprint density at radius 2 is 2.20 bits per heavy atom. The first-order valence-electron chi connectivity index (χ1n) is 4.64. The van der Waals surface area contributed by atoms with Gasteiger partial charge in [-0.25, -0.2) is 0 Å². The first-order valence-corrected chi connectivity index (χ1v) is 4.64. The topological polar surface area (TPSA) is 84.2 Å². The van der Waals surface area contributed by atoms with Crippen LogP contribution in [0.4, 0.5) is 0 Å². The van der Waals surface area contributed by atoms with E-state index in [2.05, 4.69) is 10.4 Å². The van der Waals surface area contributed by atoms with Gasteiger partial charge in [0.15, 0.2) is 0 Å². The molecule has 0 radical (unpaired) electrons. The molecule has 0 atom stereocenters. The molecule has 1 amide bonds. The quantitative estimate of drug-likeness (QED) is 0.686. The van der Waals surface area contributed by atoms with E-state index in [0.717, 1.165) is 0 Å². The Balaban J connectivity index is 2.11. The van der Waals surface area contributed by atoms with Crippen molar-refractivity contribution < 1.29 is 14.7 Å². The highest BCUT2D eigenvalue weighted by molar-refractivity contribution is 5.76. The van der Waals surface area contributed by atoms with Gasteiger partial charge < -0.3 is 10.4 Å². The van der Waals surface area contributed by atoms with Crippen LogP contribution in [0, 0.1) is 0 Å². The molecule has 0 saturated carbocycles. The molecule has 15 heavy (non-hydrogen) atoms. The Kier molecular flexibility index (Phi) is 4.33. The largest absolute Gasteiger partial charge is 0.481 e. The number of rotatable bonds is 6. The smallest absolute Gasteiger partial charge is 0.305 e. The second-order valence-corrected chi connectivity index (χ2v) is 3.01. The van der Waals surface area contributed by atoms with Gasteiger partial charge in [0.25, 0.3) is 0 Å². The standard InChI is InChI=1S/C9H13N3O3/c13-8(10-5-2-9(14)15)3-7-12-6-1-4-11-12/h1,4,6H,2-3,5,7H2,(H,10,13)(H,14,15). The van der Waals surface area contributed by atoms with E-state index in [1.54, 1.807) is 23.1 Å². The molecule has 1 heterocycles. The lowest BCUT2D eigenvalue weighted by molar-refractivity contribution is -0.136. The fourth-order valence-electron chi connectivity index (χ4n) is 1.05. The first-order chi connectivity index (χ1) is 7.18. The lowest BCUT2D eigenvalue weighted by Crippen LogP contribution is -2.26. The molecule has 0 unspecified atom stereocenters. The third kappa shape index (κ3) is 4.80. The van der Waals surface area contributed by atoms with Crippen LogP contribution in [0.5, 0.6) is 0 Å². The Bertz CT molecular complexity index is 321. The average molecular weight is 211 g/mol. The third-order valence-corrected chi connectivity index (χ3v) is 1.79. The van der Waals surface area contributed by atoms with Crippen molar-refractivity contribution in [1.82, 2.24) is 15.1 Å². The van der Waals surface area contributed by atoms with Crippen molar-refractivity contribution in [3.8, 4) is 0 Å². The molecule has 82 valence electrons. The molecule has 2 N–H and O–H groups in total. The van der Waals surface area contributed by atoms with Gasteiger partial charge in [-0.1, -0.05) is 0 Å². The number of hydrogen-bond donors (Lipinski definition) is 2. The minimum absolute atomic E-state index is 0.0481. The maximum Gasteiger partial charge on any atom is 0.305 e. The molecule has 0 fully saturated rings. The molecule has 6 heteroatoms. The molecule has 0 aliphatic carbocycles. The maximum atomic E-state index is 11.2. The summed E-state index contributed by atoms with van der Waals surface area (Å²) in [7, 11) is 0. The van der Waals surface area contributed by atoms with Crippen molar-refractivity contribution >= 4 is 11.9 Å². The van der Waals surface area contributed by atoms with Crippen molar-refractivity contribution in [1.29, 1.82) is 0 Å². The molecule has 1 rings (SSSR count). The van der Waals surface area contributed by atoms with E-state index in [1.165, 1.54) is 0 Å². The third-order valence-electron chi connectivity index (χ3n) is 1.79. The monoisotopic (exact) mass is 211 g/mol. The zero-order chi connectivity index (χ0) is 11.1. The van der Waals surface area contributed by atoms with Gasteiger partial charge in [-0.05, 0) is 6.07 Å². The minimum atomic E-state index is -0.914. The highest BCUT2D eigenvalue weighted by Crippen LogP contribution is 1.89. The van der Waals surface area contributed by atoms with Crippen LogP contribution in [0.1, 0.15) is 12.8 Å². The number of carbonyl (C=O) groups excluding carboxylic acids is 1. The van der Waals surface area contributed by atoms with Gasteiger partial charge >= 0.3 is 5.97 Å². The zero-order valence-corrected chi connectivity index (χ0v) is 8.22. The Labute approximate surface area is 86.9 Å². The van der Waals surface area contributed by atoms with Gasteiger partial charge in [0.1, 0.15) is 0 Å². The summed E-state index contributed by atoms with van der Waals surface area (Å²) in [4.78, 5) is 21.3. The van der Waals surface area contributed by atoms with E-state index in [-0.39, 0.29) is 18.9 Å². The summed E-state index contributed by atoms with van der Waals surface area (Å²) in [6, 6.07) is 1.78. The predicted molar refractivity (Wildman–Crippen MR) is 52.1 cm³/mol. The molecule has 1 aromatic heterocycles. The summed E-state index contributed by atoms with van der Waals surface area (Å²) < 4.78 is 1.65. The molecular weight excluding hydrogens is 198 g/mol. The lowest BCUT2D eigenvalue weighted by atomic mass is 10.3. The van der Waals surface area contributed by atoms with Gasteiger partial charge in [0.2, 0.25) is 5.91 Å².